The van der Waals surface area contributed by atoms with Crippen LogP contribution in [0.3, 0.4) is 0 Å². The van der Waals surface area contributed by atoms with Gasteiger partial charge in [0, 0.05) is 12.2 Å². The highest BCUT2D eigenvalue weighted by Crippen LogP contribution is 2.16. The van der Waals surface area contributed by atoms with Crippen molar-refractivity contribution in [1.29, 1.82) is 0 Å². The van der Waals surface area contributed by atoms with Crippen LogP contribution in [0, 0.1) is 5.92 Å². The smallest absolute Gasteiger partial charge is 0.238 e. The first-order valence-electron chi connectivity index (χ1n) is 6.13. The normalized spacial score (nSPS) is 20.6. The van der Waals surface area contributed by atoms with E-state index in [4.69, 9.17) is 5.14 Å². The third kappa shape index (κ3) is 3.69. The van der Waals surface area contributed by atoms with Crippen LogP contribution in [0.4, 0.5) is 5.69 Å². The summed E-state index contributed by atoms with van der Waals surface area (Å²) in [4.78, 5) is 0.147. The standard InChI is InChI=1S/C12H19N3O2S/c13-18(16,17)12-5-1-4-11(7-12)15-9-10-3-2-6-14-8-10/h1,4-5,7,10,14-15H,2-3,6,8-9H2,(H2,13,16,17). The number of anilines is 1. The van der Waals surface area contributed by atoms with Crippen LogP contribution in [0.15, 0.2) is 29.2 Å². The maximum absolute atomic E-state index is 11.2. The van der Waals surface area contributed by atoms with E-state index < -0.39 is 10.0 Å². The first-order valence-corrected chi connectivity index (χ1v) is 7.68. The highest BCUT2D eigenvalue weighted by atomic mass is 32.2. The molecule has 1 unspecified atom stereocenters. The topological polar surface area (TPSA) is 84.2 Å². The summed E-state index contributed by atoms with van der Waals surface area (Å²) in [7, 11) is -3.62. The molecule has 1 saturated heterocycles. The molecule has 1 aromatic carbocycles. The van der Waals surface area contributed by atoms with E-state index in [1.165, 1.54) is 18.9 Å². The average Bonchev–Trinajstić information content (AvgIpc) is 2.37. The van der Waals surface area contributed by atoms with Gasteiger partial charge < -0.3 is 10.6 Å². The van der Waals surface area contributed by atoms with E-state index in [0.717, 1.165) is 25.3 Å². The van der Waals surface area contributed by atoms with Crippen molar-refractivity contribution in [2.75, 3.05) is 25.0 Å². The summed E-state index contributed by atoms with van der Waals surface area (Å²) < 4.78 is 22.5. The number of benzene rings is 1. The Hall–Kier alpha value is -1.11. The maximum atomic E-state index is 11.2. The molecule has 18 heavy (non-hydrogen) atoms. The van der Waals surface area contributed by atoms with Crippen LogP contribution < -0.4 is 15.8 Å². The van der Waals surface area contributed by atoms with Gasteiger partial charge in [-0.3, -0.25) is 0 Å². The van der Waals surface area contributed by atoms with Gasteiger partial charge >= 0.3 is 0 Å². The molecule has 0 saturated carbocycles. The lowest BCUT2D eigenvalue weighted by atomic mass is 10.00. The van der Waals surface area contributed by atoms with E-state index in [0.29, 0.717) is 5.92 Å². The van der Waals surface area contributed by atoms with Crippen LogP contribution >= 0.6 is 0 Å². The zero-order valence-corrected chi connectivity index (χ0v) is 11.0. The predicted octanol–water partition coefficient (Wildman–Crippen LogP) is 0.745. The molecule has 1 fully saturated rings. The Morgan fingerprint density at radius 3 is 2.94 bits per heavy atom. The second-order valence-corrected chi connectivity index (χ2v) is 6.23. The van der Waals surface area contributed by atoms with Crippen molar-refractivity contribution in [2.45, 2.75) is 17.7 Å². The molecule has 100 valence electrons. The Morgan fingerprint density at radius 2 is 2.28 bits per heavy atom. The summed E-state index contributed by atoms with van der Waals surface area (Å²) in [6.45, 7) is 2.96. The molecule has 1 aliphatic rings. The van der Waals surface area contributed by atoms with Crippen molar-refractivity contribution in [3.05, 3.63) is 24.3 Å². The molecule has 5 nitrogen and oxygen atoms in total. The van der Waals surface area contributed by atoms with Gasteiger partial charge in [0.05, 0.1) is 4.90 Å². The molecule has 6 heteroatoms. The third-order valence-corrected chi connectivity index (χ3v) is 4.07. The monoisotopic (exact) mass is 269 g/mol. The zero-order valence-electron chi connectivity index (χ0n) is 10.2. The summed E-state index contributed by atoms with van der Waals surface area (Å²) in [6.07, 6.45) is 2.40. The molecule has 2 rings (SSSR count). The maximum Gasteiger partial charge on any atom is 0.238 e. The summed E-state index contributed by atoms with van der Waals surface area (Å²) in [5.74, 6) is 0.594. The van der Waals surface area contributed by atoms with Crippen molar-refractivity contribution < 1.29 is 8.42 Å². The number of nitrogens with two attached hydrogens (primary N) is 1. The number of piperidine rings is 1. The minimum atomic E-state index is -3.62. The minimum Gasteiger partial charge on any atom is -0.385 e. The lowest BCUT2D eigenvalue weighted by molar-refractivity contribution is 0.393. The van der Waals surface area contributed by atoms with E-state index in [2.05, 4.69) is 10.6 Å². The Labute approximate surface area is 108 Å². The van der Waals surface area contributed by atoms with Crippen molar-refractivity contribution >= 4 is 15.7 Å². The van der Waals surface area contributed by atoms with Gasteiger partial charge in [-0.2, -0.15) is 0 Å². The van der Waals surface area contributed by atoms with Crippen LogP contribution in [0.1, 0.15) is 12.8 Å². The van der Waals surface area contributed by atoms with Crippen LogP contribution in [0.25, 0.3) is 0 Å². The SMILES string of the molecule is NS(=O)(=O)c1cccc(NCC2CCCNC2)c1. The molecule has 0 spiro atoms. The number of sulfonamides is 1. The van der Waals surface area contributed by atoms with Crippen molar-refractivity contribution in [3.63, 3.8) is 0 Å². The van der Waals surface area contributed by atoms with Crippen LogP contribution in [0.2, 0.25) is 0 Å². The first kappa shape index (κ1) is 13.3. The van der Waals surface area contributed by atoms with Gasteiger partial charge in [-0.15, -0.1) is 0 Å². The van der Waals surface area contributed by atoms with Gasteiger partial charge in [0.2, 0.25) is 10.0 Å². The van der Waals surface area contributed by atoms with E-state index >= 15 is 0 Å². The van der Waals surface area contributed by atoms with E-state index in [1.807, 2.05) is 6.07 Å². The molecule has 4 N–H and O–H groups in total. The van der Waals surface area contributed by atoms with Gasteiger partial charge in [-0.05, 0) is 50.0 Å². The molecule has 1 aromatic rings. The number of hydrogen-bond donors (Lipinski definition) is 3. The second-order valence-electron chi connectivity index (χ2n) is 4.67. The lowest BCUT2D eigenvalue weighted by Crippen LogP contribution is -2.33. The Kier molecular flexibility index (Phi) is 4.21. The number of nitrogens with one attached hydrogen (secondary N) is 2. The summed E-state index contributed by atoms with van der Waals surface area (Å²) in [5, 5.41) is 11.7. The quantitative estimate of drug-likeness (QED) is 0.753. The molecule has 0 aromatic heterocycles. The van der Waals surface area contributed by atoms with Crippen molar-refractivity contribution in [3.8, 4) is 0 Å². The van der Waals surface area contributed by atoms with Crippen LogP contribution in [0.5, 0.6) is 0 Å². The zero-order chi connectivity index (χ0) is 13.0. The lowest BCUT2D eigenvalue weighted by Gasteiger charge is -2.23. The van der Waals surface area contributed by atoms with E-state index in [1.54, 1.807) is 12.1 Å². The molecular formula is C12H19N3O2S. The molecule has 1 aliphatic heterocycles. The van der Waals surface area contributed by atoms with Crippen molar-refractivity contribution in [2.24, 2.45) is 11.1 Å². The molecule has 0 bridgehead atoms. The van der Waals surface area contributed by atoms with Crippen LogP contribution in [-0.4, -0.2) is 28.1 Å². The van der Waals surface area contributed by atoms with Gasteiger partial charge in [0.1, 0.15) is 0 Å². The number of hydrogen-bond acceptors (Lipinski definition) is 4. The number of primary sulfonamides is 1. The fourth-order valence-corrected chi connectivity index (χ4v) is 2.70. The van der Waals surface area contributed by atoms with E-state index in [-0.39, 0.29) is 4.90 Å². The summed E-state index contributed by atoms with van der Waals surface area (Å²) >= 11 is 0. The summed E-state index contributed by atoms with van der Waals surface area (Å²) in [5.41, 5.74) is 0.798. The molecule has 1 atom stereocenters. The van der Waals surface area contributed by atoms with Gasteiger partial charge in [-0.25, -0.2) is 13.6 Å². The first-order chi connectivity index (χ1) is 8.55. The minimum absolute atomic E-state index is 0.147. The fraction of sp³-hybridized carbons (Fsp3) is 0.500. The molecule has 0 radical (unpaired) electrons. The van der Waals surface area contributed by atoms with Gasteiger partial charge in [0.15, 0.2) is 0 Å². The van der Waals surface area contributed by atoms with E-state index in [9.17, 15) is 8.42 Å². The van der Waals surface area contributed by atoms with Gasteiger partial charge in [-0.1, -0.05) is 6.07 Å². The molecular weight excluding hydrogens is 250 g/mol. The number of rotatable bonds is 4. The highest BCUT2D eigenvalue weighted by molar-refractivity contribution is 7.89. The Bertz CT molecular complexity index is 496. The molecule has 0 aliphatic carbocycles. The average molecular weight is 269 g/mol. The highest BCUT2D eigenvalue weighted by Gasteiger charge is 2.13. The predicted molar refractivity (Wildman–Crippen MR) is 71.9 cm³/mol. The summed E-state index contributed by atoms with van der Waals surface area (Å²) in [6, 6.07) is 6.63. The molecule has 0 amide bonds. The largest absolute Gasteiger partial charge is 0.385 e. The third-order valence-electron chi connectivity index (χ3n) is 3.16. The Morgan fingerprint density at radius 1 is 1.44 bits per heavy atom. The second kappa shape index (κ2) is 5.69. The van der Waals surface area contributed by atoms with Crippen molar-refractivity contribution in [1.82, 2.24) is 5.32 Å². The van der Waals surface area contributed by atoms with Gasteiger partial charge in [0.25, 0.3) is 0 Å². The molecule has 1 heterocycles. The Balaban J connectivity index is 1.97. The van der Waals surface area contributed by atoms with Crippen LogP contribution in [-0.2, 0) is 10.0 Å². The fourth-order valence-electron chi connectivity index (χ4n) is 2.14.